The van der Waals surface area contributed by atoms with Gasteiger partial charge in [0.15, 0.2) is 0 Å². The summed E-state index contributed by atoms with van der Waals surface area (Å²) in [4.78, 5) is 0. The Kier molecular flexibility index (Phi) is 15.0. The van der Waals surface area contributed by atoms with E-state index in [9.17, 15) is 13.2 Å². The molecule has 0 saturated carbocycles. The zero-order valence-electron chi connectivity index (χ0n) is 31.4. The first-order valence-electron chi connectivity index (χ1n) is 17.8. The van der Waals surface area contributed by atoms with Crippen LogP contribution in [0.3, 0.4) is 0 Å². The second-order valence-corrected chi connectivity index (χ2v) is 15.7. The molecule has 0 aliphatic rings. The summed E-state index contributed by atoms with van der Waals surface area (Å²) < 4.78 is 42.8. The monoisotopic (exact) mass is 1050 g/mol. The van der Waals surface area contributed by atoms with Crippen molar-refractivity contribution in [1.82, 2.24) is 61.2 Å². The van der Waals surface area contributed by atoms with E-state index in [1.165, 1.54) is 30.3 Å². The first kappa shape index (κ1) is 45.1. The standard InChI is InChI=1S/C14H7Br2FN4.2C14H7Cl2FN4/c3*15-9-5-2-1-4-8(9)13-18-20-14(21-19-13)12-10(16)6-3-7-11(12)17/h3*1-7H. The smallest absolute Gasteiger partial charge is 0.206 e. The fourth-order valence-corrected chi connectivity index (χ4v) is 7.29. The molecule has 0 aliphatic heterocycles. The van der Waals surface area contributed by atoms with Crippen molar-refractivity contribution in [1.29, 1.82) is 0 Å². The maximum absolute atomic E-state index is 13.9. The molecule has 0 spiro atoms. The van der Waals surface area contributed by atoms with Crippen molar-refractivity contribution in [2.45, 2.75) is 0 Å². The second-order valence-electron chi connectivity index (χ2n) is 12.4. The van der Waals surface area contributed by atoms with Gasteiger partial charge in [-0.15, -0.1) is 61.2 Å². The Balaban J connectivity index is 0.000000142. The third-order valence-electron chi connectivity index (χ3n) is 8.34. The van der Waals surface area contributed by atoms with Crippen LogP contribution in [0.25, 0.3) is 68.3 Å². The van der Waals surface area contributed by atoms with Crippen molar-refractivity contribution in [2.75, 3.05) is 0 Å². The molecule has 0 amide bonds. The van der Waals surface area contributed by atoms with Gasteiger partial charge in [0.2, 0.25) is 34.9 Å². The lowest BCUT2D eigenvalue weighted by Gasteiger charge is -2.04. The summed E-state index contributed by atoms with van der Waals surface area (Å²) in [5.41, 5.74) is 2.37. The Morgan fingerprint density at radius 2 is 0.571 bits per heavy atom. The van der Waals surface area contributed by atoms with E-state index in [1.54, 1.807) is 72.8 Å². The summed E-state index contributed by atoms with van der Waals surface area (Å²) >= 11 is 30.7. The van der Waals surface area contributed by atoms with Gasteiger partial charge in [-0.3, -0.25) is 0 Å². The molecule has 9 aromatic rings. The fourth-order valence-electron chi connectivity index (χ4n) is 5.37. The maximum atomic E-state index is 13.9. The molecule has 9 rings (SSSR count). The summed E-state index contributed by atoms with van der Waals surface area (Å²) in [5.74, 6) is -0.416. The Hall–Kier alpha value is -5.95. The molecule has 3 aromatic heterocycles. The summed E-state index contributed by atoms with van der Waals surface area (Å²) in [5, 5.41) is 48.6. The van der Waals surface area contributed by atoms with Crippen LogP contribution < -0.4 is 0 Å². The van der Waals surface area contributed by atoms with Crippen LogP contribution in [0.2, 0.25) is 20.1 Å². The molecule has 0 fully saturated rings. The van der Waals surface area contributed by atoms with Crippen LogP contribution >= 0.6 is 78.3 Å². The molecule has 6 aromatic carbocycles. The minimum absolute atomic E-state index is 0.0221. The van der Waals surface area contributed by atoms with E-state index in [1.807, 2.05) is 24.3 Å². The third kappa shape index (κ3) is 10.8. The minimum atomic E-state index is -0.531. The van der Waals surface area contributed by atoms with Gasteiger partial charge in [0.1, 0.15) is 17.5 Å². The molecule has 0 radical (unpaired) electrons. The van der Waals surface area contributed by atoms with Gasteiger partial charge in [-0.2, -0.15) is 0 Å². The van der Waals surface area contributed by atoms with Crippen molar-refractivity contribution in [3.63, 3.8) is 0 Å². The van der Waals surface area contributed by atoms with Gasteiger partial charge in [-0.1, -0.05) is 117 Å². The summed E-state index contributed by atoms with van der Waals surface area (Å²) in [7, 11) is 0. The third-order valence-corrected chi connectivity index (χ3v) is 11.0. The van der Waals surface area contributed by atoms with E-state index >= 15 is 0 Å². The average molecular weight is 1050 g/mol. The molecule has 312 valence electrons. The summed E-state index contributed by atoms with van der Waals surface area (Å²) in [6.45, 7) is 0. The highest BCUT2D eigenvalue weighted by Gasteiger charge is 2.18. The van der Waals surface area contributed by atoms with Crippen LogP contribution in [-0.2, 0) is 0 Å². The fraction of sp³-hybridized carbons (Fsp3) is 0. The summed E-state index contributed by atoms with van der Waals surface area (Å²) in [6, 6.07) is 34.9. The van der Waals surface area contributed by atoms with E-state index in [4.69, 9.17) is 46.4 Å². The highest BCUT2D eigenvalue weighted by atomic mass is 79.9. The van der Waals surface area contributed by atoms with Crippen LogP contribution in [-0.4, -0.2) is 61.2 Å². The Morgan fingerprint density at radius 3 is 0.952 bits per heavy atom. The number of nitrogens with zero attached hydrogens (tertiary/aromatic N) is 12. The second kappa shape index (κ2) is 20.9. The van der Waals surface area contributed by atoms with Crippen LogP contribution in [0.5, 0.6) is 0 Å². The molecule has 0 bridgehead atoms. The van der Waals surface area contributed by atoms with Gasteiger partial charge in [-0.05, 0) is 88.7 Å². The van der Waals surface area contributed by atoms with Crippen LogP contribution in [0.15, 0.2) is 136 Å². The molecule has 12 nitrogen and oxygen atoms in total. The average Bonchev–Trinajstić information content (AvgIpc) is 3.28. The molecular weight excluding hydrogens is 1030 g/mol. The van der Waals surface area contributed by atoms with E-state index in [0.717, 1.165) is 10.0 Å². The van der Waals surface area contributed by atoms with E-state index < -0.39 is 17.5 Å². The lowest BCUT2D eigenvalue weighted by Crippen LogP contribution is -2.01. The molecule has 0 aliphatic carbocycles. The Labute approximate surface area is 392 Å². The first-order chi connectivity index (χ1) is 30.5. The quantitative estimate of drug-likeness (QED) is 0.156. The highest BCUT2D eigenvalue weighted by molar-refractivity contribution is 9.11. The first-order valence-corrected chi connectivity index (χ1v) is 20.9. The molecule has 0 atom stereocenters. The summed E-state index contributed by atoms with van der Waals surface area (Å²) in [6.07, 6.45) is 0. The van der Waals surface area contributed by atoms with Gasteiger partial charge >= 0.3 is 0 Å². The minimum Gasteiger partial charge on any atom is -0.206 e. The van der Waals surface area contributed by atoms with Crippen molar-refractivity contribution in [3.05, 3.63) is 174 Å². The SMILES string of the molecule is Fc1cccc(Br)c1-c1nnc(-c2ccccc2Br)nn1.Fc1cccc(Cl)c1-c1nnc(-c2ccccc2Cl)nn1.Fc1cccc(Cl)c1-c1nnc(-c2ccccc2Cl)nn1. The van der Waals surface area contributed by atoms with Crippen molar-refractivity contribution in [2.24, 2.45) is 0 Å². The number of hydrogen-bond acceptors (Lipinski definition) is 12. The van der Waals surface area contributed by atoms with Crippen molar-refractivity contribution in [3.8, 4) is 68.3 Å². The van der Waals surface area contributed by atoms with Crippen molar-refractivity contribution < 1.29 is 13.2 Å². The van der Waals surface area contributed by atoms with Gasteiger partial charge in [-0.25, -0.2) is 13.2 Å². The molecule has 21 heteroatoms. The van der Waals surface area contributed by atoms with E-state index in [0.29, 0.717) is 31.5 Å². The predicted molar refractivity (Wildman–Crippen MR) is 241 cm³/mol. The molecule has 0 unspecified atom stereocenters. The molecule has 0 N–H and O–H groups in total. The number of halogens is 9. The number of aromatic nitrogens is 12. The molecular formula is C42H21Br2Cl4F3N12. The van der Waals surface area contributed by atoms with Crippen LogP contribution in [0.1, 0.15) is 0 Å². The number of hydrogen-bond donors (Lipinski definition) is 0. The zero-order chi connectivity index (χ0) is 44.5. The highest BCUT2D eigenvalue weighted by Crippen LogP contribution is 2.32. The molecule has 0 saturated heterocycles. The Bertz CT molecular complexity index is 2650. The van der Waals surface area contributed by atoms with E-state index in [2.05, 4.69) is 93.0 Å². The topological polar surface area (TPSA) is 155 Å². The maximum Gasteiger partial charge on any atom is 0.208 e. The normalized spacial score (nSPS) is 10.6. The van der Waals surface area contributed by atoms with E-state index in [-0.39, 0.29) is 55.9 Å². The number of rotatable bonds is 6. The largest absolute Gasteiger partial charge is 0.208 e. The Morgan fingerprint density at radius 1 is 0.286 bits per heavy atom. The van der Waals surface area contributed by atoms with Crippen LogP contribution in [0.4, 0.5) is 13.2 Å². The zero-order valence-corrected chi connectivity index (χ0v) is 37.6. The van der Waals surface area contributed by atoms with Crippen molar-refractivity contribution >= 4 is 78.3 Å². The lowest BCUT2D eigenvalue weighted by molar-refractivity contribution is 0.627. The predicted octanol–water partition coefficient (Wildman–Crippen LogP) is 12.4. The van der Waals surface area contributed by atoms with Crippen LogP contribution in [0, 0.1) is 17.5 Å². The van der Waals surface area contributed by atoms with Gasteiger partial charge < -0.3 is 0 Å². The molecule has 3 heterocycles. The molecule has 63 heavy (non-hydrogen) atoms. The lowest BCUT2D eigenvalue weighted by atomic mass is 10.2. The van der Waals surface area contributed by atoms with Gasteiger partial charge in [0.25, 0.3) is 0 Å². The van der Waals surface area contributed by atoms with Gasteiger partial charge in [0, 0.05) is 25.6 Å². The van der Waals surface area contributed by atoms with Gasteiger partial charge in [0.05, 0.1) is 36.8 Å². The number of benzene rings is 6.